The average Bonchev–Trinajstić information content (AvgIpc) is 3.47. The SMILES string of the molecule is COc1ccnc(N2CCC(c3nnc4ccc(C5CC5)nn34)CC2)n1. The molecule has 0 amide bonds. The molecule has 0 radical (unpaired) electrons. The first kappa shape index (κ1) is 15.5. The molecule has 1 saturated carbocycles. The number of anilines is 1. The molecule has 3 aromatic rings. The van der Waals surface area contributed by atoms with Crippen molar-refractivity contribution in [2.24, 2.45) is 0 Å². The van der Waals surface area contributed by atoms with Crippen molar-refractivity contribution < 1.29 is 4.74 Å². The Balaban J connectivity index is 1.35. The summed E-state index contributed by atoms with van der Waals surface area (Å²) >= 11 is 0. The second-order valence-electron chi connectivity index (χ2n) is 7.02. The van der Waals surface area contributed by atoms with E-state index in [2.05, 4.69) is 31.1 Å². The smallest absolute Gasteiger partial charge is 0.228 e. The Morgan fingerprint density at radius 3 is 2.62 bits per heavy atom. The van der Waals surface area contributed by atoms with Gasteiger partial charge in [-0.05, 0) is 37.8 Å². The van der Waals surface area contributed by atoms with Gasteiger partial charge in [-0.1, -0.05) is 0 Å². The van der Waals surface area contributed by atoms with Gasteiger partial charge in [0.2, 0.25) is 11.8 Å². The normalized spacial score (nSPS) is 18.4. The number of aromatic nitrogens is 6. The summed E-state index contributed by atoms with van der Waals surface area (Å²) in [5.74, 6) is 3.28. The zero-order chi connectivity index (χ0) is 17.5. The van der Waals surface area contributed by atoms with Gasteiger partial charge in [0.05, 0.1) is 12.8 Å². The van der Waals surface area contributed by atoms with E-state index in [4.69, 9.17) is 9.84 Å². The number of piperidine rings is 1. The number of rotatable bonds is 4. The maximum Gasteiger partial charge on any atom is 0.228 e. The molecule has 2 fully saturated rings. The van der Waals surface area contributed by atoms with Crippen LogP contribution in [0.4, 0.5) is 5.95 Å². The maximum absolute atomic E-state index is 5.20. The number of methoxy groups -OCH3 is 1. The fraction of sp³-hybridized carbons (Fsp3) is 0.500. The highest BCUT2D eigenvalue weighted by Gasteiger charge is 2.28. The Labute approximate surface area is 151 Å². The third kappa shape index (κ3) is 2.75. The molecule has 5 rings (SSSR count). The van der Waals surface area contributed by atoms with E-state index < -0.39 is 0 Å². The van der Waals surface area contributed by atoms with Gasteiger partial charge in [0, 0.05) is 37.2 Å². The van der Waals surface area contributed by atoms with Gasteiger partial charge >= 0.3 is 0 Å². The topological polar surface area (TPSA) is 81.3 Å². The number of ether oxygens (including phenoxy) is 1. The second-order valence-corrected chi connectivity index (χ2v) is 7.02. The highest BCUT2D eigenvalue weighted by atomic mass is 16.5. The van der Waals surface area contributed by atoms with Gasteiger partial charge in [-0.15, -0.1) is 10.2 Å². The van der Waals surface area contributed by atoms with Crippen LogP contribution in [0.5, 0.6) is 5.88 Å². The minimum atomic E-state index is 0.355. The van der Waals surface area contributed by atoms with Gasteiger partial charge in [0.1, 0.15) is 0 Å². The van der Waals surface area contributed by atoms with E-state index >= 15 is 0 Å². The Bertz CT molecular complexity index is 928. The molecule has 1 saturated heterocycles. The van der Waals surface area contributed by atoms with Crippen molar-refractivity contribution in [1.29, 1.82) is 0 Å². The minimum Gasteiger partial charge on any atom is -0.481 e. The molecular formula is C18H21N7O. The molecule has 8 heteroatoms. The number of hydrogen-bond acceptors (Lipinski definition) is 7. The molecule has 3 aromatic heterocycles. The van der Waals surface area contributed by atoms with Crippen LogP contribution >= 0.6 is 0 Å². The van der Waals surface area contributed by atoms with E-state index in [1.54, 1.807) is 19.4 Å². The summed E-state index contributed by atoms with van der Waals surface area (Å²) in [5, 5.41) is 13.6. The Hall–Kier alpha value is -2.77. The van der Waals surface area contributed by atoms with Crippen LogP contribution in [0, 0.1) is 0 Å². The van der Waals surface area contributed by atoms with Gasteiger partial charge in [0.25, 0.3) is 0 Å². The molecule has 0 bridgehead atoms. The molecule has 1 aliphatic heterocycles. The third-order valence-electron chi connectivity index (χ3n) is 5.27. The van der Waals surface area contributed by atoms with Crippen LogP contribution in [0.2, 0.25) is 0 Å². The average molecular weight is 351 g/mol. The van der Waals surface area contributed by atoms with Crippen molar-refractivity contribution >= 4 is 11.6 Å². The van der Waals surface area contributed by atoms with Crippen molar-refractivity contribution in [3.8, 4) is 5.88 Å². The Morgan fingerprint density at radius 2 is 1.85 bits per heavy atom. The van der Waals surface area contributed by atoms with Crippen LogP contribution < -0.4 is 9.64 Å². The molecule has 0 N–H and O–H groups in total. The van der Waals surface area contributed by atoms with Gasteiger partial charge in [0.15, 0.2) is 11.5 Å². The zero-order valence-electron chi connectivity index (χ0n) is 14.7. The summed E-state index contributed by atoms with van der Waals surface area (Å²) < 4.78 is 7.16. The van der Waals surface area contributed by atoms with Crippen LogP contribution in [0.15, 0.2) is 24.4 Å². The van der Waals surface area contributed by atoms with Crippen molar-refractivity contribution in [3.05, 3.63) is 35.9 Å². The molecule has 4 heterocycles. The van der Waals surface area contributed by atoms with Gasteiger partial charge in [-0.2, -0.15) is 14.6 Å². The van der Waals surface area contributed by atoms with E-state index in [9.17, 15) is 0 Å². The highest BCUT2D eigenvalue weighted by molar-refractivity contribution is 5.38. The van der Waals surface area contributed by atoms with Crippen LogP contribution in [0.25, 0.3) is 5.65 Å². The molecule has 26 heavy (non-hydrogen) atoms. The van der Waals surface area contributed by atoms with Crippen LogP contribution in [0.3, 0.4) is 0 Å². The molecule has 134 valence electrons. The summed E-state index contributed by atoms with van der Waals surface area (Å²) in [6.45, 7) is 1.77. The van der Waals surface area contributed by atoms with Crippen molar-refractivity contribution in [2.75, 3.05) is 25.1 Å². The van der Waals surface area contributed by atoms with E-state index in [1.807, 2.05) is 10.6 Å². The first-order valence-corrected chi connectivity index (χ1v) is 9.16. The first-order chi connectivity index (χ1) is 12.8. The van der Waals surface area contributed by atoms with Crippen molar-refractivity contribution in [2.45, 2.75) is 37.5 Å². The lowest BCUT2D eigenvalue weighted by molar-refractivity contribution is 0.395. The van der Waals surface area contributed by atoms with Crippen LogP contribution in [-0.2, 0) is 0 Å². The monoisotopic (exact) mass is 351 g/mol. The number of fused-ring (bicyclic) bond motifs is 1. The van der Waals surface area contributed by atoms with Crippen LogP contribution in [0.1, 0.15) is 49.0 Å². The lowest BCUT2D eigenvalue weighted by Gasteiger charge is -2.31. The third-order valence-corrected chi connectivity index (χ3v) is 5.27. The Morgan fingerprint density at radius 1 is 1.00 bits per heavy atom. The predicted molar refractivity (Wildman–Crippen MR) is 95.5 cm³/mol. The van der Waals surface area contributed by atoms with E-state index in [0.29, 0.717) is 17.7 Å². The molecule has 0 aromatic carbocycles. The molecule has 0 unspecified atom stereocenters. The summed E-state index contributed by atoms with van der Waals surface area (Å²) in [7, 11) is 1.62. The van der Waals surface area contributed by atoms with E-state index in [-0.39, 0.29) is 0 Å². The fourth-order valence-electron chi connectivity index (χ4n) is 3.61. The van der Waals surface area contributed by atoms with Crippen LogP contribution in [-0.4, -0.2) is 50.0 Å². The molecular weight excluding hydrogens is 330 g/mol. The lowest BCUT2D eigenvalue weighted by Crippen LogP contribution is -2.34. The highest BCUT2D eigenvalue weighted by Crippen LogP contribution is 2.39. The molecule has 2 aliphatic rings. The summed E-state index contributed by atoms with van der Waals surface area (Å²) in [6, 6.07) is 5.90. The summed E-state index contributed by atoms with van der Waals surface area (Å²) in [6.07, 6.45) is 6.19. The Kier molecular flexibility index (Phi) is 3.69. The van der Waals surface area contributed by atoms with Crippen molar-refractivity contribution in [3.63, 3.8) is 0 Å². The molecule has 0 spiro atoms. The maximum atomic E-state index is 5.20. The number of hydrogen-bond donors (Lipinski definition) is 0. The second kappa shape index (κ2) is 6.19. The van der Waals surface area contributed by atoms with Gasteiger partial charge < -0.3 is 9.64 Å². The number of nitrogens with zero attached hydrogens (tertiary/aromatic N) is 7. The summed E-state index contributed by atoms with van der Waals surface area (Å²) in [5.41, 5.74) is 2.00. The van der Waals surface area contributed by atoms with Gasteiger partial charge in [-0.3, -0.25) is 0 Å². The van der Waals surface area contributed by atoms with Gasteiger partial charge in [-0.25, -0.2) is 4.98 Å². The largest absolute Gasteiger partial charge is 0.481 e. The minimum absolute atomic E-state index is 0.355. The van der Waals surface area contributed by atoms with E-state index in [0.717, 1.165) is 43.4 Å². The molecule has 8 nitrogen and oxygen atoms in total. The summed E-state index contributed by atoms with van der Waals surface area (Å²) in [4.78, 5) is 11.0. The lowest BCUT2D eigenvalue weighted by atomic mass is 9.96. The zero-order valence-corrected chi connectivity index (χ0v) is 14.7. The van der Waals surface area contributed by atoms with Crippen molar-refractivity contribution in [1.82, 2.24) is 29.8 Å². The fourth-order valence-corrected chi connectivity index (χ4v) is 3.61. The standard InChI is InChI=1S/C18H21N7O/c1-26-16-6-9-19-18(20-16)24-10-7-13(8-11-24)17-22-21-15-5-4-14(12-2-3-12)23-25(15)17/h4-6,9,12-13H,2-3,7-8,10-11H2,1H3. The van der Waals surface area contributed by atoms with E-state index in [1.165, 1.54) is 18.5 Å². The predicted octanol–water partition coefficient (Wildman–Crippen LogP) is 2.18. The molecule has 1 aliphatic carbocycles. The molecule has 0 atom stereocenters. The quantitative estimate of drug-likeness (QED) is 0.712. The first-order valence-electron chi connectivity index (χ1n) is 9.16.